The smallest absolute Gasteiger partial charge is 0.221 e. The van der Waals surface area contributed by atoms with Gasteiger partial charge in [-0.05, 0) is 38.5 Å². The SMILES string of the molecule is COCCC1(CN(C=O)CCC(=O)NC(C)C)CCCCC1. The molecule has 0 bridgehead atoms. The molecule has 0 aliphatic heterocycles. The summed E-state index contributed by atoms with van der Waals surface area (Å²) in [6.45, 7) is 5.86. The van der Waals surface area contributed by atoms with Gasteiger partial charge in [0.05, 0.1) is 0 Å². The normalized spacial score (nSPS) is 17.3. The number of hydrogen-bond donors (Lipinski definition) is 1. The van der Waals surface area contributed by atoms with Crippen LogP contribution in [-0.2, 0) is 14.3 Å². The van der Waals surface area contributed by atoms with Crippen LogP contribution in [0, 0.1) is 5.41 Å². The summed E-state index contributed by atoms with van der Waals surface area (Å²) in [7, 11) is 1.73. The lowest BCUT2D eigenvalue weighted by atomic mass is 9.71. The highest BCUT2D eigenvalue weighted by atomic mass is 16.5. The summed E-state index contributed by atoms with van der Waals surface area (Å²) >= 11 is 0. The Bertz CT molecular complexity index is 339. The molecule has 0 saturated heterocycles. The molecule has 1 rings (SSSR count). The van der Waals surface area contributed by atoms with Crippen molar-refractivity contribution in [3.8, 4) is 0 Å². The van der Waals surface area contributed by atoms with Crippen molar-refractivity contribution < 1.29 is 14.3 Å². The molecule has 1 aliphatic rings. The first-order valence-corrected chi connectivity index (χ1v) is 8.49. The molecule has 1 N–H and O–H groups in total. The summed E-state index contributed by atoms with van der Waals surface area (Å²) < 4.78 is 5.26. The van der Waals surface area contributed by atoms with Gasteiger partial charge in [-0.1, -0.05) is 19.3 Å². The monoisotopic (exact) mass is 312 g/mol. The Labute approximate surface area is 134 Å². The van der Waals surface area contributed by atoms with Crippen molar-refractivity contribution in [1.29, 1.82) is 0 Å². The first kappa shape index (κ1) is 18.9. The van der Waals surface area contributed by atoms with Gasteiger partial charge in [0.1, 0.15) is 0 Å². The van der Waals surface area contributed by atoms with Gasteiger partial charge < -0.3 is 15.0 Å². The van der Waals surface area contributed by atoms with Crippen LogP contribution in [0.15, 0.2) is 0 Å². The summed E-state index contributed by atoms with van der Waals surface area (Å²) in [5.74, 6) is 0.0106. The number of carbonyl (C=O) groups is 2. The number of rotatable bonds is 10. The number of carbonyl (C=O) groups excluding carboxylic acids is 2. The molecule has 1 fully saturated rings. The molecule has 0 radical (unpaired) electrons. The van der Waals surface area contributed by atoms with E-state index in [4.69, 9.17) is 4.74 Å². The largest absolute Gasteiger partial charge is 0.385 e. The molecule has 5 heteroatoms. The minimum Gasteiger partial charge on any atom is -0.385 e. The fourth-order valence-corrected chi connectivity index (χ4v) is 3.35. The second-order valence-corrected chi connectivity index (χ2v) is 6.85. The Kier molecular flexibility index (Phi) is 8.46. The van der Waals surface area contributed by atoms with Crippen molar-refractivity contribution >= 4 is 12.3 Å². The van der Waals surface area contributed by atoms with Crippen molar-refractivity contribution in [3.63, 3.8) is 0 Å². The molecule has 0 spiro atoms. The van der Waals surface area contributed by atoms with Crippen LogP contribution >= 0.6 is 0 Å². The van der Waals surface area contributed by atoms with E-state index in [2.05, 4.69) is 5.32 Å². The van der Waals surface area contributed by atoms with E-state index in [9.17, 15) is 9.59 Å². The number of ether oxygens (including phenoxy) is 1. The molecule has 0 aromatic heterocycles. The Morgan fingerprint density at radius 1 is 1.32 bits per heavy atom. The van der Waals surface area contributed by atoms with E-state index in [1.807, 2.05) is 13.8 Å². The summed E-state index contributed by atoms with van der Waals surface area (Å²) in [6, 6.07) is 0.142. The van der Waals surface area contributed by atoms with Crippen LogP contribution in [-0.4, -0.2) is 50.1 Å². The Morgan fingerprint density at radius 3 is 2.55 bits per heavy atom. The van der Waals surface area contributed by atoms with Crippen LogP contribution < -0.4 is 5.32 Å². The minimum absolute atomic E-state index is 0.0106. The number of nitrogens with zero attached hydrogens (tertiary/aromatic N) is 1. The fourth-order valence-electron chi connectivity index (χ4n) is 3.35. The quantitative estimate of drug-likeness (QED) is 0.630. The van der Waals surface area contributed by atoms with Gasteiger partial charge in [0, 0.05) is 39.3 Å². The van der Waals surface area contributed by atoms with Crippen molar-refractivity contribution in [2.24, 2.45) is 5.41 Å². The van der Waals surface area contributed by atoms with E-state index >= 15 is 0 Å². The topological polar surface area (TPSA) is 58.6 Å². The molecule has 0 unspecified atom stereocenters. The lowest BCUT2D eigenvalue weighted by Crippen LogP contribution is -2.41. The molecule has 0 aromatic rings. The molecule has 0 heterocycles. The highest BCUT2D eigenvalue weighted by Gasteiger charge is 2.33. The summed E-state index contributed by atoms with van der Waals surface area (Å²) in [6.07, 6.45) is 8.30. The Balaban J connectivity index is 2.52. The van der Waals surface area contributed by atoms with Gasteiger partial charge in [-0.3, -0.25) is 9.59 Å². The first-order valence-electron chi connectivity index (χ1n) is 8.49. The zero-order chi connectivity index (χ0) is 16.4. The van der Waals surface area contributed by atoms with Gasteiger partial charge in [-0.25, -0.2) is 0 Å². The molecule has 1 saturated carbocycles. The Morgan fingerprint density at radius 2 is 2.00 bits per heavy atom. The van der Waals surface area contributed by atoms with Gasteiger partial charge >= 0.3 is 0 Å². The van der Waals surface area contributed by atoms with E-state index < -0.39 is 0 Å². The average Bonchev–Trinajstić information content (AvgIpc) is 2.50. The molecule has 128 valence electrons. The minimum atomic E-state index is 0.0106. The van der Waals surface area contributed by atoms with Crippen LogP contribution in [0.25, 0.3) is 0 Å². The fraction of sp³-hybridized carbons (Fsp3) is 0.882. The number of hydrogen-bond acceptors (Lipinski definition) is 3. The van der Waals surface area contributed by atoms with Crippen LogP contribution in [0.3, 0.4) is 0 Å². The molecule has 5 nitrogen and oxygen atoms in total. The van der Waals surface area contributed by atoms with Gasteiger partial charge in [0.25, 0.3) is 0 Å². The van der Waals surface area contributed by atoms with E-state index in [0.29, 0.717) is 13.0 Å². The third-order valence-electron chi connectivity index (χ3n) is 4.51. The summed E-state index contributed by atoms with van der Waals surface area (Å²) in [5.41, 5.74) is 0.170. The second-order valence-electron chi connectivity index (χ2n) is 6.85. The maximum Gasteiger partial charge on any atom is 0.221 e. The highest BCUT2D eigenvalue weighted by molar-refractivity contribution is 5.76. The number of amides is 2. The maximum atomic E-state index is 11.7. The number of nitrogens with one attached hydrogen (secondary N) is 1. The lowest BCUT2D eigenvalue weighted by Gasteiger charge is -2.40. The van der Waals surface area contributed by atoms with Gasteiger partial charge in [-0.2, -0.15) is 0 Å². The standard InChI is InChI=1S/C17H32N2O3/c1-15(2)18-16(21)7-11-19(14-20)13-17(10-12-22-3)8-5-4-6-9-17/h14-15H,4-13H2,1-3H3,(H,18,21). The third-order valence-corrected chi connectivity index (χ3v) is 4.51. The van der Waals surface area contributed by atoms with E-state index in [0.717, 1.165) is 38.8 Å². The molecule has 0 aromatic carbocycles. The number of methoxy groups -OCH3 is 1. The summed E-state index contributed by atoms with van der Waals surface area (Å²) in [5, 5.41) is 2.87. The predicted octanol–water partition coefficient (Wildman–Crippen LogP) is 2.35. The third kappa shape index (κ3) is 6.77. The molecule has 22 heavy (non-hydrogen) atoms. The van der Waals surface area contributed by atoms with Crippen LogP contribution in [0.4, 0.5) is 0 Å². The zero-order valence-electron chi connectivity index (χ0n) is 14.4. The highest BCUT2D eigenvalue weighted by Crippen LogP contribution is 2.39. The van der Waals surface area contributed by atoms with Gasteiger partial charge in [-0.15, -0.1) is 0 Å². The first-order chi connectivity index (χ1) is 10.5. The van der Waals surface area contributed by atoms with E-state index in [1.165, 1.54) is 19.3 Å². The lowest BCUT2D eigenvalue weighted by molar-refractivity contribution is -0.124. The predicted molar refractivity (Wildman–Crippen MR) is 87.5 cm³/mol. The molecular formula is C17H32N2O3. The van der Waals surface area contributed by atoms with Crippen LogP contribution in [0.1, 0.15) is 58.8 Å². The molecule has 0 atom stereocenters. The summed E-state index contributed by atoms with van der Waals surface area (Å²) in [4.78, 5) is 24.9. The molecule has 1 aliphatic carbocycles. The van der Waals surface area contributed by atoms with Crippen molar-refractivity contribution in [2.75, 3.05) is 26.8 Å². The van der Waals surface area contributed by atoms with Crippen molar-refractivity contribution in [1.82, 2.24) is 10.2 Å². The van der Waals surface area contributed by atoms with Crippen molar-refractivity contribution in [3.05, 3.63) is 0 Å². The van der Waals surface area contributed by atoms with Crippen LogP contribution in [0.2, 0.25) is 0 Å². The zero-order valence-corrected chi connectivity index (χ0v) is 14.4. The Hall–Kier alpha value is -1.10. The van der Waals surface area contributed by atoms with Crippen LogP contribution in [0.5, 0.6) is 0 Å². The molecular weight excluding hydrogens is 280 g/mol. The van der Waals surface area contributed by atoms with Gasteiger partial charge in [0.15, 0.2) is 0 Å². The van der Waals surface area contributed by atoms with E-state index in [-0.39, 0.29) is 17.4 Å². The molecule has 2 amide bonds. The van der Waals surface area contributed by atoms with Gasteiger partial charge in [0.2, 0.25) is 12.3 Å². The van der Waals surface area contributed by atoms with Crippen molar-refractivity contribution in [2.45, 2.75) is 64.8 Å². The maximum absolute atomic E-state index is 11.7. The second kappa shape index (κ2) is 9.82. The van der Waals surface area contributed by atoms with E-state index in [1.54, 1.807) is 12.0 Å². The average molecular weight is 312 g/mol.